The first-order valence-corrected chi connectivity index (χ1v) is 11.7. The number of nitrogens with one attached hydrogen (secondary N) is 2. The normalized spacial score (nSPS) is 17.7. The van der Waals surface area contributed by atoms with Crippen molar-refractivity contribution in [2.75, 3.05) is 23.3 Å². The Balaban J connectivity index is 1.47. The molecule has 2 aliphatic heterocycles. The van der Waals surface area contributed by atoms with Crippen molar-refractivity contribution in [3.63, 3.8) is 0 Å². The quantitative estimate of drug-likeness (QED) is 0.688. The second-order valence-corrected chi connectivity index (χ2v) is 8.99. The number of carbonyl (C=O) groups is 3. The lowest BCUT2D eigenvalue weighted by molar-refractivity contribution is -0.122. The predicted molar refractivity (Wildman–Crippen MR) is 121 cm³/mol. The van der Waals surface area contributed by atoms with Gasteiger partial charge < -0.3 is 15.5 Å². The summed E-state index contributed by atoms with van der Waals surface area (Å²) in [5, 5.41) is 10.4. The number of anilines is 2. The van der Waals surface area contributed by atoms with Crippen LogP contribution in [0.3, 0.4) is 0 Å². The molecular weight excluding hydrogens is 414 g/mol. The first kappa shape index (κ1) is 21.4. The number of nitrogens with zero attached hydrogens (tertiary/aromatic N) is 3. The molecule has 0 spiro atoms. The van der Waals surface area contributed by atoms with Gasteiger partial charge in [0.1, 0.15) is 12.4 Å². The van der Waals surface area contributed by atoms with E-state index in [4.69, 9.17) is 0 Å². The van der Waals surface area contributed by atoms with Crippen molar-refractivity contribution in [3.05, 3.63) is 41.1 Å². The molecule has 0 aliphatic carbocycles. The van der Waals surface area contributed by atoms with Gasteiger partial charge in [0.2, 0.25) is 17.7 Å². The summed E-state index contributed by atoms with van der Waals surface area (Å²) in [6.45, 7) is 5.00. The van der Waals surface area contributed by atoms with Crippen molar-refractivity contribution in [1.82, 2.24) is 15.1 Å². The largest absolute Gasteiger partial charge is 0.355 e. The number of aromatic nitrogens is 2. The van der Waals surface area contributed by atoms with Crippen LogP contribution in [0.4, 0.5) is 11.5 Å². The van der Waals surface area contributed by atoms with E-state index in [9.17, 15) is 14.4 Å². The molecule has 0 unspecified atom stereocenters. The van der Waals surface area contributed by atoms with Crippen LogP contribution in [-0.4, -0.2) is 40.6 Å². The molecule has 4 rings (SSSR count). The van der Waals surface area contributed by atoms with Crippen molar-refractivity contribution in [2.45, 2.75) is 44.7 Å². The van der Waals surface area contributed by atoms with E-state index in [1.165, 1.54) is 0 Å². The number of fused-ring (bicyclic) bond motifs is 1. The highest BCUT2D eigenvalue weighted by Gasteiger charge is 2.36. The van der Waals surface area contributed by atoms with Crippen molar-refractivity contribution < 1.29 is 14.4 Å². The van der Waals surface area contributed by atoms with Crippen LogP contribution in [0.2, 0.25) is 0 Å². The van der Waals surface area contributed by atoms with Crippen LogP contribution in [-0.2, 0) is 32.4 Å². The Kier molecular flexibility index (Phi) is 6.31. The molecule has 164 valence electrons. The Hall–Kier alpha value is -2.81. The highest BCUT2D eigenvalue weighted by molar-refractivity contribution is 7.98. The monoisotopic (exact) mass is 441 g/mol. The lowest BCUT2D eigenvalue weighted by Gasteiger charge is -2.17. The zero-order valence-corrected chi connectivity index (χ0v) is 18.6. The van der Waals surface area contributed by atoms with Gasteiger partial charge in [0, 0.05) is 42.3 Å². The van der Waals surface area contributed by atoms with E-state index in [1.54, 1.807) is 21.3 Å². The summed E-state index contributed by atoms with van der Waals surface area (Å²) in [7, 11) is 0. The summed E-state index contributed by atoms with van der Waals surface area (Å²) in [5.74, 6) is 1.25. The molecule has 1 aromatic heterocycles. The molecule has 1 fully saturated rings. The topological polar surface area (TPSA) is 96.3 Å². The standard InChI is InChI=1S/C22H27N5O3S/c1-3-8-23-19(28)11-27-21(17-12-31-13-18(17)25-27)24-22(30)15-9-20(29)26(10-15)16-6-4-14(2)5-7-16/h4-7,15H,3,8-13H2,1-2H3,(H,23,28)(H,24,30)/t15-/m0/s1. The number of amides is 3. The molecule has 9 heteroatoms. The van der Waals surface area contributed by atoms with Crippen molar-refractivity contribution in [3.8, 4) is 0 Å². The summed E-state index contributed by atoms with van der Waals surface area (Å²) >= 11 is 1.73. The van der Waals surface area contributed by atoms with E-state index in [0.717, 1.165) is 40.4 Å². The molecule has 8 nitrogen and oxygen atoms in total. The molecule has 2 aliphatic rings. The molecule has 0 bridgehead atoms. The maximum atomic E-state index is 13.1. The molecule has 0 saturated carbocycles. The smallest absolute Gasteiger partial charge is 0.241 e. The third kappa shape index (κ3) is 4.61. The SMILES string of the molecule is CCCNC(=O)Cn1nc2c(c1NC(=O)[C@H]1CC(=O)N(c3ccc(C)cc3)C1)CSC2. The predicted octanol–water partition coefficient (Wildman–Crippen LogP) is 2.46. The van der Waals surface area contributed by atoms with E-state index in [-0.39, 0.29) is 30.7 Å². The Labute approximate surface area is 185 Å². The minimum atomic E-state index is -0.448. The number of carbonyl (C=O) groups excluding carboxylic acids is 3. The van der Waals surface area contributed by atoms with Crippen molar-refractivity contribution >= 4 is 41.0 Å². The molecule has 1 atom stereocenters. The molecule has 2 aromatic rings. The average molecular weight is 442 g/mol. The number of thioether (sulfide) groups is 1. The van der Waals surface area contributed by atoms with Gasteiger partial charge in [-0.05, 0) is 25.5 Å². The zero-order chi connectivity index (χ0) is 22.0. The van der Waals surface area contributed by atoms with Crippen LogP contribution in [0.1, 0.15) is 36.6 Å². The number of hydrogen-bond donors (Lipinski definition) is 2. The summed E-state index contributed by atoms with van der Waals surface area (Å²) in [6.07, 6.45) is 1.02. The van der Waals surface area contributed by atoms with Gasteiger partial charge in [0.15, 0.2) is 0 Å². The van der Waals surface area contributed by atoms with Gasteiger partial charge in [-0.1, -0.05) is 24.6 Å². The van der Waals surface area contributed by atoms with E-state index < -0.39 is 5.92 Å². The second-order valence-electron chi connectivity index (χ2n) is 8.00. The summed E-state index contributed by atoms with van der Waals surface area (Å²) in [4.78, 5) is 39.5. The lowest BCUT2D eigenvalue weighted by atomic mass is 10.1. The van der Waals surface area contributed by atoms with Crippen molar-refractivity contribution in [2.24, 2.45) is 5.92 Å². The van der Waals surface area contributed by atoms with Crippen LogP contribution in [0.25, 0.3) is 0 Å². The zero-order valence-electron chi connectivity index (χ0n) is 17.8. The van der Waals surface area contributed by atoms with Crippen LogP contribution >= 0.6 is 11.8 Å². The molecule has 2 N–H and O–H groups in total. The average Bonchev–Trinajstić information content (AvgIpc) is 3.44. The Morgan fingerprint density at radius 1 is 1.23 bits per heavy atom. The third-order valence-electron chi connectivity index (χ3n) is 5.57. The molecule has 1 aromatic carbocycles. The van der Waals surface area contributed by atoms with Gasteiger partial charge in [-0.2, -0.15) is 16.9 Å². The van der Waals surface area contributed by atoms with E-state index in [2.05, 4.69) is 15.7 Å². The minimum absolute atomic E-state index is 0.0581. The van der Waals surface area contributed by atoms with Crippen LogP contribution in [0.15, 0.2) is 24.3 Å². The van der Waals surface area contributed by atoms with Gasteiger partial charge in [-0.3, -0.25) is 14.4 Å². The first-order valence-electron chi connectivity index (χ1n) is 10.6. The second kappa shape index (κ2) is 9.13. The van der Waals surface area contributed by atoms with Gasteiger partial charge in [0.25, 0.3) is 0 Å². The maximum Gasteiger partial charge on any atom is 0.241 e. The first-order chi connectivity index (χ1) is 15.0. The highest BCUT2D eigenvalue weighted by Crippen LogP contribution is 2.35. The molecule has 3 heterocycles. The summed E-state index contributed by atoms with van der Waals surface area (Å²) in [6, 6.07) is 7.72. The molecule has 0 radical (unpaired) electrons. The number of benzene rings is 1. The fourth-order valence-electron chi connectivity index (χ4n) is 3.85. The Morgan fingerprint density at radius 2 is 2.00 bits per heavy atom. The highest BCUT2D eigenvalue weighted by atomic mass is 32.2. The van der Waals surface area contributed by atoms with Crippen LogP contribution < -0.4 is 15.5 Å². The van der Waals surface area contributed by atoms with Gasteiger partial charge >= 0.3 is 0 Å². The Morgan fingerprint density at radius 3 is 2.74 bits per heavy atom. The number of hydrogen-bond acceptors (Lipinski definition) is 5. The van der Waals surface area contributed by atoms with Gasteiger partial charge in [0.05, 0.1) is 11.6 Å². The molecule has 31 heavy (non-hydrogen) atoms. The van der Waals surface area contributed by atoms with E-state index >= 15 is 0 Å². The number of aryl methyl sites for hydroxylation is 1. The fraction of sp³-hybridized carbons (Fsp3) is 0.455. The maximum absolute atomic E-state index is 13.1. The number of rotatable bonds is 7. The third-order valence-corrected chi connectivity index (χ3v) is 6.54. The van der Waals surface area contributed by atoms with Crippen LogP contribution in [0, 0.1) is 12.8 Å². The molecule has 1 saturated heterocycles. The van der Waals surface area contributed by atoms with Crippen molar-refractivity contribution in [1.29, 1.82) is 0 Å². The minimum Gasteiger partial charge on any atom is -0.355 e. The van der Waals surface area contributed by atoms with Gasteiger partial charge in [-0.15, -0.1) is 0 Å². The van der Waals surface area contributed by atoms with Crippen LogP contribution in [0.5, 0.6) is 0 Å². The lowest BCUT2D eigenvalue weighted by Crippen LogP contribution is -2.31. The van der Waals surface area contributed by atoms with E-state index in [1.807, 2.05) is 38.1 Å². The Bertz CT molecular complexity index is 1000. The van der Waals surface area contributed by atoms with Gasteiger partial charge in [-0.25, -0.2) is 4.68 Å². The van der Waals surface area contributed by atoms with E-state index in [0.29, 0.717) is 18.9 Å². The summed E-state index contributed by atoms with van der Waals surface area (Å²) < 4.78 is 1.59. The summed E-state index contributed by atoms with van der Waals surface area (Å²) in [5.41, 5.74) is 3.81. The fourth-order valence-corrected chi connectivity index (χ4v) is 4.89. The molecule has 3 amide bonds. The molecular formula is C22H27N5O3S.